The number of carbonyl (C=O) groups is 4. The fraction of sp³-hybridized carbons (Fsp3) is 0.388. The van der Waals surface area contributed by atoms with Gasteiger partial charge in [0.1, 0.15) is 17.0 Å². The summed E-state index contributed by atoms with van der Waals surface area (Å²) in [6.45, 7) is 27.9. The van der Waals surface area contributed by atoms with Crippen molar-refractivity contribution < 1.29 is 45.5 Å². The number of likely N-dealkylation sites (tertiary alicyclic amines) is 3. The number of aromatic nitrogens is 5. The van der Waals surface area contributed by atoms with E-state index in [0.29, 0.717) is 73.3 Å². The molecule has 4 saturated heterocycles. The number of fused-ring (bicyclic) bond motifs is 4. The Morgan fingerprint density at radius 1 is 0.598 bits per heavy atom. The summed E-state index contributed by atoms with van der Waals surface area (Å²) < 4.78 is 66.0. The standard InChI is InChI=1S/C30H38N2O4S.C26H27N5O.C16H13NO3S.C13H24N2O2/c1-6-16-30(18-20-31(21-19-30)28(33)36-29(3,4)5)17-15-24-22-32(27-10-8-7-9-26(24)27)37(34,35)25-13-11-23(2)12-14-25;32-25-10-5-11-26(31(25)18-19-16-27-21-7-2-1-6-20(19)21)12-14-30(15-13-26)24-17-28-22-8-3-4-9-23(22)29-24;1-12-6-8-14(9-7-12)21(19,20)17-10-13(11-18)15-4-2-3-5-16(15)17;1-5-6-13(14)7-9-15(10-8-13)11(16)17-12(2,3)4/h6-14,22H,1,15-21H2,2-5H3;1-4,6-9,16-17,27H,5,10-15,18H2;2-11H,1H3;5H,1,6-10,14H2,2-4H3. The number of hydrogen-bond donors (Lipinski definition) is 2. The molecular formula is C85H102N10O10S2. The summed E-state index contributed by atoms with van der Waals surface area (Å²) in [5.74, 6) is 1.23. The number of aryl methyl sites for hydroxylation is 3. The first-order chi connectivity index (χ1) is 50.9. The van der Waals surface area contributed by atoms with Gasteiger partial charge in [-0.2, -0.15) is 0 Å². The van der Waals surface area contributed by atoms with Crippen molar-refractivity contribution in [2.24, 2.45) is 11.1 Å². The van der Waals surface area contributed by atoms with Crippen LogP contribution in [0.2, 0.25) is 0 Å². The number of aromatic amines is 1. The SMILES string of the molecule is C=CCC1(CCc2cn(S(=O)(=O)c3ccc(C)cc3)c3ccccc23)CCN(C(=O)OC(C)(C)C)CC1.C=CCC1(N)CCN(C(=O)OC(C)(C)C)CC1.Cc1ccc(S(=O)(=O)n2cc(C=O)c3ccccc32)cc1.O=C1CCCC2(CCN(c3cnc4ccccc4n3)CC2)N1Cc1c[nH]c2ccccc12. The monoisotopic (exact) mass is 1490 g/mol. The smallest absolute Gasteiger partial charge is 0.410 e. The van der Waals surface area contributed by atoms with Gasteiger partial charge < -0.3 is 39.8 Å². The van der Waals surface area contributed by atoms with E-state index in [9.17, 15) is 36.0 Å². The molecule has 3 amide bonds. The second kappa shape index (κ2) is 32.7. The fourth-order valence-electron chi connectivity index (χ4n) is 15.0. The second-order valence-corrected chi connectivity index (χ2v) is 34.7. The highest BCUT2D eigenvalue weighted by atomic mass is 32.2. The Labute approximate surface area is 629 Å². The zero-order chi connectivity index (χ0) is 76.5. The molecule has 0 bridgehead atoms. The average molecular weight is 1490 g/mol. The molecule has 0 saturated carbocycles. The molecular weight excluding hydrogens is 1390 g/mol. The number of hydrogen-bond acceptors (Lipinski definition) is 14. The van der Waals surface area contributed by atoms with Crippen LogP contribution >= 0.6 is 0 Å². The van der Waals surface area contributed by atoms with Crippen LogP contribution in [0.4, 0.5) is 15.4 Å². The maximum Gasteiger partial charge on any atom is 0.410 e. The third-order valence-corrected chi connectivity index (χ3v) is 24.4. The van der Waals surface area contributed by atoms with Crippen LogP contribution in [-0.4, -0.2) is 140 Å². The maximum atomic E-state index is 13.5. The lowest BCUT2D eigenvalue weighted by atomic mass is 9.72. The van der Waals surface area contributed by atoms with E-state index >= 15 is 0 Å². The van der Waals surface area contributed by atoms with Gasteiger partial charge in [0.05, 0.1) is 38.1 Å². The number of allylic oxidation sites excluding steroid dienone is 1. The summed E-state index contributed by atoms with van der Waals surface area (Å²) >= 11 is 0. The number of nitrogens with two attached hydrogens (primary N) is 1. The van der Waals surface area contributed by atoms with Crippen LogP contribution in [0.25, 0.3) is 43.7 Å². The summed E-state index contributed by atoms with van der Waals surface area (Å²) in [7, 11) is -7.43. The quantitative estimate of drug-likeness (QED) is 0.0716. The molecule has 4 fully saturated rings. The van der Waals surface area contributed by atoms with Crippen LogP contribution in [0, 0.1) is 19.3 Å². The van der Waals surface area contributed by atoms with Gasteiger partial charge in [-0.25, -0.2) is 39.4 Å². The van der Waals surface area contributed by atoms with Gasteiger partial charge in [-0.1, -0.05) is 114 Å². The molecule has 0 aliphatic carbocycles. The predicted octanol–water partition coefficient (Wildman–Crippen LogP) is 16.7. The summed E-state index contributed by atoms with van der Waals surface area (Å²) in [5, 5.41) is 2.80. The third-order valence-electron chi connectivity index (χ3n) is 21.1. The van der Waals surface area contributed by atoms with Crippen molar-refractivity contribution in [1.82, 2.24) is 37.6 Å². The Morgan fingerprint density at radius 2 is 1.10 bits per heavy atom. The highest BCUT2D eigenvalue weighted by Crippen LogP contribution is 2.43. The Bertz CT molecular complexity index is 5060. The minimum atomic E-state index is -3.72. The van der Waals surface area contributed by atoms with E-state index in [0.717, 1.165) is 139 Å². The minimum absolute atomic E-state index is 0.0132. The van der Waals surface area contributed by atoms with Gasteiger partial charge in [-0.3, -0.25) is 14.6 Å². The number of piperidine rings is 4. The topological polar surface area (TPSA) is 245 Å². The average Bonchev–Trinajstić information content (AvgIpc) is 1.72. The van der Waals surface area contributed by atoms with Crippen molar-refractivity contribution in [3.8, 4) is 0 Å². The van der Waals surface area contributed by atoms with Gasteiger partial charge in [0.25, 0.3) is 20.0 Å². The molecule has 10 aromatic rings. The lowest BCUT2D eigenvalue weighted by molar-refractivity contribution is -0.144. The van der Waals surface area contributed by atoms with E-state index in [2.05, 4.69) is 57.3 Å². The molecule has 3 N–H and O–H groups in total. The van der Waals surface area contributed by atoms with Crippen LogP contribution < -0.4 is 10.6 Å². The van der Waals surface area contributed by atoms with Gasteiger partial charge in [-0.05, 0) is 204 Å². The van der Waals surface area contributed by atoms with E-state index < -0.39 is 31.2 Å². The van der Waals surface area contributed by atoms with Gasteiger partial charge >= 0.3 is 12.2 Å². The number of benzene rings is 6. The number of H-pyrrole nitrogens is 1. The first-order valence-corrected chi connectivity index (χ1v) is 39.9. The van der Waals surface area contributed by atoms with E-state index in [-0.39, 0.29) is 38.5 Å². The molecule has 22 heteroatoms. The second-order valence-electron chi connectivity index (χ2n) is 31.0. The number of nitrogens with zero attached hydrogens (tertiary/aromatic N) is 8. The Kier molecular flexibility index (Phi) is 23.9. The highest BCUT2D eigenvalue weighted by Gasteiger charge is 2.45. The van der Waals surface area contributed by atoms with Gasteiger partial charge in [0, 0.05) is 109 Å². The molecule has 0 atom stereocenters. The lowest BCUT2D eigenvalue weighted by Gasteiger charge is -2.51. The molecule has 1 spiro atoms. The van der Waals surface area contributed by atoms with Gasteiger partial charge in [-0.15, -0.1) is 13.2 Å². The molecule has 14 rings (SSSR count). The molecule has 564 valence electrons. The number of anilines is 1. The van der Waals surface area contributed by atoms with Crippen molar-refractivity contribution in [3.63, 3.8) is 0 Å². The van der Waals surface area contributed by atoms with Crippen LogP contribution in [0.1, 0.15) is 151 Å². The number of nitrogens with one attached hydrogen (secondary N) is 1. The van der Waals surface area contributed by atoms with Crippen molar-refractivity contribution in [3.05, 3.63) is 224 Å². The number of rotatable bonds is 15. The Balaban J connectivity index is 0.000000148. The molecule has 20 nitrogen and oxygen atoms in total. The zero-order valence-corrected chi connectivity index (χ0v) is 64.6. The number of amides is 3. The molecule has 6 aromatic carbocycles. The summed E-state index contributed by atoms with van der Waals surface area (Å²) in [4.78, 5) is 70.0. The summed E-state index contributed by atoms with van der Waals surface area (Å²) in [6, 6.07) is 44.6. The number of ether oxygens (including phenoxy) is 2. The fourth-order valence-corrected chi connectivity index (χ4v) is 17.8. The normalized spacial score (nSPS) is 16.6. The van der Waals surface area contributed by atoms with Crippen LogP contribution in [0.3, 0.4) is 0 Å². The summed E-state index contributed by atoms with van der Waals surface area (Å²) in [6.07, 6.45) is 22.4. The van der Waals surface area contributed by atoms with Crippen molar-refractivity contribution in [2.45, 2.75) is 177 Å². The molecule has 4 aliphatic heterocycles. The van der Waals surface area contributed by atoms with Crippen molar-refractivity contribution >= 4 is 94.0 Å². The van der Waals surface area contributed by atoms with Gasteiger partial charge in [0.2, 0.25) is 5.91 Å². The summed E-state index contributed by atoms with van der Waals surface area (Å²) in [5.41, 5.74) is 13.8. The molecule has 8 heterocycles. The first kappa shape index (κ1) is 78.2. The molecule has 107 heavy (non-hydrogen) atoms. The van der Waals surface area contributed by atoms with Crippen molar-refractivity contribution in [2.75, 3.05) is 44.2 Å². The highest BCUT2D eigenvalue weighted by molar-refractivity contribution is 7.90. The lowest BCUT2D eigenvalue weighted by Crippen LogP contribution is -2.59. The minimum Gasteiger partial charge on any atom is -0.444 e. The maximum absolute atomic E-state index is 13.5. The van der Waals surface area contributed by atoms with E-state index in [1.807, 2.05) is 140 Å². The predicted molar refractivity (Wildman–Crippen MR) is 425 cm³/mol. The molecule has 0 radical (unpaired) electrons. The number of aldehydes is 1. The Morgan fingerprint density at radius 3 is 1.66 bits per heavy atom. The Hall–Kier alpha value is -9.90. The van der Waals surface area contributed by atoms with E-state index in [1.165, 1.54) is 21.1 Å². The number of carbonyl (C=O) groups excluding carboxylic acids is 4. The van der Waals surface area contributed by atoms with Crippen LogP contribution in [0.5, 0.6) is 0 Å². The largest absolute Gasteiger partial charge is 0.444 e. The first-order valence-electron chi connectivity index (χ1n) is 37.0. The molecule has 0 unspecified atom stereocenters. The molecule has 4 aliphatic rings. The third kappa shape index (κ3) is 18.4. The van der Waals surface area contributed by atoms with Gasteiger partial charge in [0.15, 0.2) is 6.29 Å². The van der Waals surface area contributed by atoms with Crippen molar-refractivity contribution in [1.29, 1.82) is 0 Å². The number of para-hydroxylation sites is 5. The van der Waals surface area contributed by atoms with E-state index in [1.54, 1.807) is 76.7 Å². The van der Waals surface area contributed by atoms with Crippen LogP contribution in [-0.2, 0) is 47.3 Å². The molecule has 4 aromatic heterocycles. The zero-order valence-electron chi connectivity index (χ0n) is 63.0. The van der Waals surface area contributed by atoms with E-state index in [4.69, 9.17) is 20.2 Å². The van der Waals surface area contributed by atoms with Crippen LogP contribution in [0.15, 0.2) is 205 Å².